The van der Waals surface area contributed by atoms with Gasteiger partial charge in [0.25, 0.3) is 0 Å². The first-order valence-electron chi connectivity index (χ1n) is 6.41. The molecule has 0 bridgehead atoms. The van der Waals surface area contributed by atoms with E-state index in [9.17, 15) is 9.90 Å². The minimum Gasteiger partial charge on any atom is -0.478 e. The van der Waals surface area contributed by atoms with E-state index in [1.807, 2.05) is 23.7 Å². The molecule has 0 saturated carbocycles. The molecule has 4 nitrogen and oxygen atoms in total. The third-order valence-corrected chi connectivity index (χ3v) is 3.32. The summed E-state index contributed by atoms with van der Waals surface area (Å²) in [4.78, 5) is 11.2. The Morgan fingerprint density at radius 2 is 2.11 bits per heavy atom. The first-order valence-corrected chi connectivity index (χ1v) is 6.41. The summed E-state index contributed by atoms with van der Waals surface area (Å²) in [6.45, 7) is 6.80. The van der Waals surface area contributed by atoms with Crippen molar-refractivity contribution >= 4 is 5.97 Å². The number of aromatic nitrogens is 2. The molecule has 0 fully saturated rings. The number of aryl methyl sites for hydroxylation is 2. The van der Waals surface area contributed by atoms with Crippen LogP contribution in [0.1, 0.15) is 35.0 Å². The van der Waals surface area contributed by atoms with Crippen LogP contribution in [0.5, 0.6) is 0 Å². The van der Waals surface area contributed by atoms with Gasteiger partial charge in [-0.1, -0.05) is 19.1 Å². The Hall–Kier alpha value is -2.10. The van der Waals surface area contributed by atoms with Gasteiger partial charge in [-0.05, 0) is 37.5 Å². The van der Waals surface area contributed by atoms with E-state index in [-0.39, 0.29) is 0 Å². The minimum atomic E-state index is -0.891. The Kier molecular flexibility index (Phi) is 3.69. The van der Waals surface area contributed by atoms with Crippen molar-refractivity contribution < 1.29 is 9.90 Å². The van der Waals surface area contributed by atoms with Crippen molar-refractivity contribution in [2.45, 2.75) is 33.7 Å². The predicted octanol–water partition coefficient (Wildman–Crippen LogP) is 3.28. The average molecular weight is 258 g/mol. The standard InChI is InChI=1S/C15H18N2O2/c1-4-7-17-11(3)14(9-16-17)12-6-5-10(2)13(8-12)15(18)19/h5-6,8-9H,4,7H2,1-3H3,(H,18,19). The van der Waals surface area contributed by atoms with Gasteiger partial charge in [0.1, 0.15) is 0 Å². The van der Waals surface area contributed by atoms with E-state index >= 15 is 0 Å². The van der Waals surface area contributed by atoms with Crippen molar-refractivity contribution in [1.82, 2.24) is 9.78 Å². The van der Waals surface area contributed by atoms with Crippen molar-refractivity contribution in [3.8, 4) is 11.1 Å². The normalized spacial score (nSPS) is 10.7. The van der Waals surface area contributed by atoms with Gasteiger partial charge in [0.15, 0.2) is 0 Å². The Morgan fingerprint density at radius 3 is 2.74 bits per heavy atom. The summed E-state index contributed by atoms with van der Waals surface area (Å²) in [5.74, 6) is -0.891. The van der Waals surface area contributed by atoms with Gasteiger partial charge < -0.3 is 5.11 Å². The van der Waals surface area contributed by atoms with Crippen molar-refractivity contribution in [1.29, 1.82) is 0 Å². The fourth-order valence-corrected chi connectivity index (χ4v) is 2.19. The van der Waals surface area contributed by atoms with Crippen LogP contribution in [-0.4, -0.2) is 20.9 Å². The first kappa shape index (κ1) is 13.3. The minimum absolute atomic E-state index is 0.347. The predicted molar refractivity (Wildman–Crippen MR) is 74.4 cm³/mol. The number of rotatable bonds is 4. The van der Waals surface area contributed by atoms with E-state index < -0.39 is 5.97 Å². The molecular formula is C15H18N2O2. The smallest absolute Gasteiger partial charge is 0.335 e. The summed E-state index contributed by atoms with van der Waals surface area (Å²) in [7, 11) is 0. The number of hydrogen-bond acceptors (Lipinski definition) is 2. The van der Waals surface area contributed by atoms with Gasteiger partial charge in [-0.3, -0.25) is 4.68 Å². The number of carboxylic acids is 1. The maximum absolute atomic E-state index is 11.2. The quantitative estimate of drug-likeness (QED) is 0.915. The van der Waals surface area contributed by atoms with Crippen LogP contribution in [0.2, 0.25) is 0 Å². The van der Waals surface area contributed by atoms with Crippen LogP contribution in [-0.2, 0) is 6.54 Å². The lowest BCUT2D eigenvalue weighted by Gasteiger charge is -2.06. The molecule has 1 heterocycles. The Bertz CT molecular complexity index is 615. The molecule has 0 amide bonds. The van der Waals surface area contributed by atoms with E-state index in [2.05, 4.69) is 12.0 Å². The third-order valence-electron chi connectivity index (χ3n) is 3.32. The molecule has 100 valence electrons. The number of carboxylic acid groups (broad SMARTS) is 1. The van der Waals surface area contributed by atoms with Gasteiger partial charge in [0, 0.05) is 17.8 Å². The van der Waals surface area contributed by atoms with Crippen LogP contribution in [0, 0.1) is 13.8 Å². The molecule has 0 aliphatic rings. The van der Waals surface area contributed by atoms with Crippen LogP contribution >= 0.6 is 0 Å². The molecule has 4 heteroatoms. The fourth-order valence-electron chi connectivity index (χ4n) is 2.19. The highest BCUT2D eigenvalue weighted by atomic mass is 16.4. The van der Waals surface area contributed by atoms with Gasteiger partial charge >= 0.3 is 5.97 Å². The Labute approximate surface area is 112 Å². The molecule has 1 N–H and O–H groups in total. The zero-order valence-electron chi connectivity index (χ0n) is 11.5. The highest BCUT2D eigenvalue weighted by Gasteiger charge is 2.12. The number of nitrogens with zero attached hydrogens (tertiary/aromatic N) is 2. The average Bonchev–Trinajstić information content (AvgIpc) is 2.72. The maximum atomic E-state index is 11.2. The number of benzene rings is 1. The van der Waals surface area contributed by atoms with Crippen LogP contribution in [0.15, 0.2) is 24.4 Å². The molecule has 0 atom stereocenters. The topological polar surface area (TPSA) is 55.1 Å². The largest absolute Gasteiger partial charge is 0.478 e. The lowest BCUT2D eigenvalue weighted by atomic mass is 10.0. The number of hydrogen-bond donors (Lipinski definition) is 1. The van der Waals surface area contributed by atoms with Crippen LogP contribution in [0.3, 0.4) is 0 Å². The summed E-state index contributed by atoms with van der Waals surface area (Å²) < 4.78 is 1.95. The molecule has 1 aromatic carbocycles. The molecule has 2 rings (SSSR count). The molecule has 0 radical (unpaired) electrons. The molecule has 0 unspecified atom stereocenters. The Morgan fingerprint density at radius 1 is 1.37 bits per heavy atom. The summed E-state index contributed by atoms with van der Waals surface area (Å²) in [6.07, 6.45) is 2.83. The maximum Gasteiger partial charge on any atom is 0.335 e. The van der Waals surface area contributed by atoms with Crippen LogP contribution in [0.4, 0.5) is 0 Å². The van der Waals surface area contributed by atoms with E-state index in [4.69, 9.17) is 0 Å². The molecule has 1 aromatic heterocycles. The molecule has 0 aliphatic carbocycles. The second-order valence-corrected chi connectivity index (χ2v) is 4.70. The zero-order chi connectivity index (χ0) is 14.0. The van der Waals surface area contributed by atoms with Crippen LogP contribution < -0.4 is 0 Å². The monoisotopic (exact) mass is 258 g/mol. The van der Waals surface area contributed by atoms with Crippen molar-refractivity contribution in [2.24, 2.45) is 0 Å². The molecule has 0 saturated heterocycles. The lowest BCUT2D eigenvalue weighted by Crippen LogP contribution is -2.02. The number of aromatic carboxylic acids is 1. The molecular weight excluding hydrogens is 240 g/mol. The van der Waals surface area contributed by atoms with Gasteiger partial charge in [-0.25, -0.2) is 4.79 Å². The van der Waals surface area contributed by atoms with Crippen LogP contribution in [0.25, 0.3) is 11.1 Å². The SMILES string of the molecule is CCCn1ncc(-c2ccc(C)c(C(=O)O)c2)c1C. The van der Waals surface area contributed by atoms with Gasteiger partial charge in [0.2, 0.25) is 0 Å². The number of carbonyl (C=O) groups is 1. The van der Waals surface area contributed by atoms with Gasteiger partial charge in [0.05, 0.1) is 11.8 Å². The second kappa shape index (κ2) is 5.26. The van der Waals surface area contributed by atoms with Crippen molar-refractivity contribution in [3.63, 3.8) is 0 Å². The lowest BCUT2D eigenvalue weighted by molar-refractivity contribution is 0.0696. The van der Waals surface area contributed by atoms with E-state index in [1.54, 1.807) is 19.2 Å². The highest BCUT2D eigenvalue weighted by Crippen LogP contribution is 2.25. The van der Waals surface area contributed by atoms with E-state index in [1.165, 1.54) is 0 Å². The zero-order valence-corrected chi connectivity index (χ0v) is 11.5. The van der Waals surface area contributed by atoms with Crippen molar-refractivity contribution in [3.05, 3.63) is 41.2 Å². The molecule has 2 aromatic rings. The van der Waals surface area contributed by atoms with Gasteiger partial charge in [-0.15, -0.1) is 0 Å². The summed E-state index contributed by atoms with van der Waals surface area (Å²) in [5, 5.41) is 13.5. The fraction of sp³-hybridized carbons (Fsp3) is 0.333. The summed E-state index contributed by atoms with van der Waals surface area (Å²) in [5.41, 5.74) is 4.09. The summed E-state index contributed by atoms with van der Waals surface area (Å²) >= 11 is 0. The molecule has 19 heavy (non-hydrogen) atoms. The Balaban J connectivity index is 2.47. The second-order valence-electron chi connectivity index (χ2n) is 4.70. The summed E-state index contributed by atoms with van der Waals surface area (Å²) in [6, 6.07) is 5.51. The van der Waals surface area contributed by atoms with E-state index in [0.29, 0.717) is 5.56 Å². The first-order chi connectivity index (χ1) is 9.04. The van der Waals surface area contributed by atoms with Gasteiger partial charge in [-0.2, -0.15) is 5.10 Å². The molecule has 0 spiro atoms. The van der Waals surface area contributed by atoms with E-state index in [0.717, 1.165) is 35.3 Å². The molecule has 0 aliphatic heterocycles. The highest BCUT2D eigenvalue weighted by molar-refractivity contribution is 5.91. The van der Waals surface area contributed by atoms with Crippen molar-refractivity contribution in [2.75, 3.05) is 0 Å². The third kappa shape index (κ3) is 2.52.